The molecule has 2 N–H and O–H groups in total. The smallest absolute Gasteiger partial charge is 0.354 e. The number of rotatable bonds is 4. The van der Waals surface area contributed by atoms with E-state index in [0.717, 1.165) is 13.1 Å². The van der Waals surface area contributed by atoms with Gasteiger partial charge < -0.3 is 20.1 Å². The first-order valence-corrected chi connectivity index (χ1v) is 5.75. The minimum Gasteiger partial charge on any atom is -0.477 e. The van der Waals surface area contributed by atoms with E-state index in [9.17, 15) is 4.79 Å². The van der Waals surface area contributed by atoms with Crippen molar-refractivity contribution >= 4 is 11.9 Å². The quantitative estimate of drug-likeness (QED) is 0.774. The Bertz CT molecular complexity index is 427. The van der Waals surface area contributed by atoms with Crippen molar-refractivity contribution in [3.63, 3.8) is 0 Å². The zero-order valence-corrected chi connectivity index (χ0v) is 10.2. The molecule has 0 aliphatic carbocycles. The van der Waals surface area contributed by atoms with Crippen molar-refractivity contribution in [1.29, 1.82) is 0 Å². The first kappa shape index (κ1) is 12.7. The fourth-order valence-electron chi connectivity index (χ4n) is 1.76. The number of aromatic carboxylic acids is 1. The SMILES string of the molecule is CN1CCOC(CNc2nccc(C(=O)O)n2)C1. The number of aromatic nitrogens is 2. The largest absolute Gasteiger partial charge is 0.477 e. The molecule has 1 aliphatic rings. The number of nitrogens with one attached hydrogen (secondary N) is 1. The lowest BCUT2D eigenvalue weighted by atomic mass is 10.3. The Morgan fingerprint density at radius 1 is 1.72 bits per heavy atom. The molecule has 1 aliphatic heterocycles. The van der Waals surface area contributed by atoms with E-state index in [1.807, 2.05) is 7.05 Å². The van der Waals surface area contributed by atoms with E-state index < -0.39 is 5.97 Å². The van der Waals surface area contributed by atoms with Crippen molar-refractivity contribution in [3.05, 3.63) is 18.0 Å². The molecule has 2 rings (SSSR count). The van der Waals surface area contributed by atoms with E-state index in [-0.39, 0.29) is 11.8 Å². The van der Waals surface area contributed by atoms with E-state index in [1.165, 1.54) is 12.3 Å². The van der Waals surface area contributed by atoms with Gasteiger partial charge in [0.2, 0.25) is 5.95 Å². The van der Waals surface area contributed by atoms with Crippen molar-refractivity contribution in [1.82, 2.24) is 14.9 Å². The Kier molecular flexibility index (Phi) is 4.06. The number of carboxylic acids is 1. The lowest BCUT2D eigenvalue weighted by Crippen LogP contribution is -2.43. The van der Waals surface area contributed by atoms with Gasteiger partial charge in [0.15, 0.2) is 5.69 Å². The van der Waals surface area contributed by atoms with Crippen LogP contribution in [0.2, 0.25) is 0 Å². The van der Waals surface area contributed by atoms with Gasteiger partial charge in [0.05, 0.1) is 12.7 Å². The number of ether oxygens (including phenoxy) is 1. The van der Waals surface area contributed by atoms with Crippen LogP contribution in [0.5, 0.6) is 0 Å². The maximum atomic E-state index is 10.8. The molecule has 2 heterocycles. The highest BCUT2D eigenvalue weighted by atomic mass is 16.5. The highest BCUT2D eigenvalue weighted by Crippen LogP contribution is 2.05. The maximum Gasteiger partial charge on any atom is 0.354 e. The zero-order chi connectivity index (χ0) is 13.0. The fourth-order valence-corrected chi connectivity index (χ4v) is 1.76. The third kappa shape index (κ3) is 3.38. The lowest BCUT2D eigenvalue weighted by molar-refractivity contribution is -0.0117. The summed E-state index contributed by atoms with van der Waals surface area (Å²) in [5.41, 5.74) is -0.0193. The maximum absolute atomic E-state index is 10.8. The second-order valence-corrected chi connectivity index (χ2v) is 4.21. The average molecular weight is 252 g/mol. The Labute approximate surface area is 105 Å². The standard InChI is InChI=1S/C11H16N4O3/c1-15-4-5-18-8(7-15)6-13-11-12-3-2-9(14-11)10(16)17/h2-3,8H,4-7H2,1H3,(H,16,17)(H,12,13,14). The normalized spacial score (nSPS) is 20.6. The van der Waals surface area contributed by atoms with Crippen LogP contribution in [-0.4, -0.2) is 65.3 Å². The number of carboxylic acid groups (broad SMARTS) is 1. The van der Waals surface area contributed by atoms with Gasteiger partial charge in [0.25, 0.3) is 0 Å². The van der Waals surface area contributed by atoms with Gasteiger partial charge in [0.1, 0.15) is 0 Å². The second-order valence-electron chi connectivity index (χ2n) is 4.21. The average Bonchev–Trinajstić information content (AvgIpc) is 2.37. The number of nitrogens with zero attached hydrogens (tertiary/aromatic N) is 3. The Hall–Kier alpha value is -1.73. The Morgan fingerprint density at radius 3 is 3.28 bits per heavy atom. The number of hydrogen-bond acceptors (Lipinski definition) is 6. The molecule has 0 saturated carbocycles. The molecule has 0 spiro atoms. The number of carbonyl (C=O) groups is 1. The summed E-state index contributed by atoms with van der Waals surface area (Å²) in [6.45, 7) is 3.04. The highest BCUT2D eigenvalue weighted by molar-refractivity contribution is 5.85. The van der Waals surface area contributed by atoms with Gasteiger partial charge in [-0.15, -0.1) is 0 Å². The van der Waals surface area contributed by atoms with Crippen LogP contribution in [-0.2, 0) is 4.74 Å². The Morgan fingerprint density at radius 2 is 2.56 bits per heavy atom. The van der Waals surface area contributed by atoms with Crippen LogP contribution in [0.1, 0.15) is 10.5 Å². The van der Waals surface area contributed by atoms with Gasteiger partial charge in [-0.3, -0.25) is 0 Å². The molecule has 1 aromatic rings. The first-order chi connectivity index (χ1) is 8.65. The Balaban J connectivity index is 1.89. The molecule has 0 bridgehead atoms. The molecule has 0 amide bonds. The van der Waals surface area contributed by atoms with Crippen LogP contribution < -0.4 is 5.32 Å². The molecule has 0 aromatic carbocycles. The molecular formula is C11H16N4O3. The molecule has 7 nitrogen and oxygen atoms in total. The summed E-state index contributed by atoms with van der Waals surface area (Å²) in [7, 11) is 2.04. The molecule has 1 fully saturated rings. The minimum atomic E-state index is -1.06. The van der Waals surface area contributed by atoms with E-state index in [1.54, 1.807) is 0 Å². The van der Waals surface area contributed by atoms with Crippen LogP contribution in [0.15, 0.2) is 12.3 Å². The molecule has 1 saturated heterocycles. The second kappa shape index (κ2) is 5.74. The summed E-state index contributed by atoms with van der Waals surface area (Å²) < 4.78 is 5.57. The molecule has 0 radical (unpaired) electrons. The van der Waals surface area contributed by atoms with Crippen molar-refractivity contribution in [2.24, 2.45) is 0 Å². The summed E-state index contributed by atoms with van der Waals surface area (Å²) >= 11 is 0. The summed E-state index contributed by atoms with van der Waals surface area (Å²) in [5, 5.41) is 11.8. The lowest BCUT2D eigenvalue weighted by Gasteiger charge is -2.30. The highest BCUT2D eigenvalue weighted by Gasteiger charge is 2.17. The van der Waals surface area contributed by atoms with E-state index in [2.05, 4.69) is 20.2 Å². The molecule has 7 heteroatoms. The molecule has 1 unspecified atom stereocenters. The van der Waals surface area contributed by atoms with E-state index in [0.29, 0.717) is 19.1 Å². The third-order valence-electron chi connectivity index (χ3n) is 2.70. The number of likely N-dealkylation sites (N-methyl/N-ethyl adjacent to an activating group) is 1. The molecule has 18 heavy (non-hydrogen) atoms. The van der Waals surface area contributed by atoms with Crippen LogP contribution in [0.25, 0.3) is 0 Å². The first-order valence-electron chi connectivity index (χ1n) is 5.75. The number of anilines is 1. The monoisotopic (exact) mass is 252 g/mol. The van der Waals surface area contributed by atoms with Gasteiger partial charge in [-0.2, -0.15) is 0 Å². The predicted octanol–water partition coefficient (Wildman–Crippen LogP) is -0.0827. The van der Waals surface area contributed by atoms with Gasteiger partial charge in [-0.25, -0.2) is 14.8 Å². The molecule has 1 atom stereocenters. The van der Waals surface area contributed by atoms with Crippen LogP contribution in [0, 0.1) is 0 Å². The van der Waals surface area contributed by atoms with Crippen molar-refractivity contribution < 1.29 is 14.6 Å². The minimum absolute atomic E-state index is 0.0193. The molecular weight excluding hydrogens is 236 g/mol. The van der Waals surface area contributed by atoms with Gasteiger partial charge in [0, 0.05) is 25.8 Å². The molecule has 1 aromatic heterocycles. The van der Waals surface area contributed by atoms with Crippen molar-refractivity contribution in [2.75, 3.05) is 38.6 Å². The van der Waals surface area contributed by atoms with Crippen molar-refractivity contribution in [3.8, 4) is 0 Å². The van der Waals surface area contributed by atoms with Gasteiger partial charge >= 0.3 is 5.97 Å². The molecule has 98 valence electrons. The van der Waals surface area contributed by atoms with E-state index >= 15 is 0 Å². The van der Waals surface area contributed by atoms with Gasteiger partial charge in [-0.1, -0.05) is 0 Å². The topological polar surface area (TPSA) is 87.6 Å². The van der Waals surface area contributed by atoms with Crippen LogP contribution >= 0.6 is 0 Å². The summed E-state index contributed by atoms with van der Waals surface area (Å²) in [6.07, 6.45) is 1.49. The van der Waals surface area contributed by atoms with Crippen LogP contribution in [0.4, 0.5) is 5.95 Å². The van der Waals surface area contributed by atoms with Crippen molar-refractivity contribution in [2.45, 2.75) is 6.10 Å². The summed E-state index contributed by atoms with van der Waals surface area (Å²) in [6, 6.07) is 1.36. The van der Waals surface area contributed by atoms with Gasteiger partial charge in [-0.05, 0) is 13.1 Å². The predicted molar refractivity (Wildman–Crippen MR) is 64.7 cm³/mol. The van der Waals surface area contributed by atoms with E-state index in [4.69, 9.17) is 9.84 Å². The zero-order valence-electron chi connectivity index (χ0n) is 10.2. The summed E-state index contributed by atoms with van der Waals surface area (Å²) in [5.74, 6) is -0.749. The fraction of sp³-hybridized carbons (Fsp3) is 0.545. The number of hydrogen-bond donors (Lipinski definition) is 2. The van der Waals surface area contributed by atoms with Crippen LogP contribution in [0.3, 0.4) is 0 Å². The summed E-state index contributed by atoms with van der Waals surface area (Å²) in [4.78, 5) is 20.8. The third-order valence-corrected chi connectivity index (χ3v) is 2.70. The number of morpholine rings is 1.